The lowest BCUT2D eigenvalue weighted by Crippen LogP contribution is -2.08. The van der Waals surface area contributed by atoms with Gasteiger partial charge in [0.15, 0.2) is 11.5 Å². The molecular formula is C11H14O5. The highest BCUT2D eigenvalue weighted by molar-refractivity contribution is 5.95. The van der Waals surface area contributed by atoms with E-state index < -0.39 is 11.7 Å². The van der Waals surface area contributed by atoms with Crippen molar-refractivity contribution < 1.29 is 24.8 Å². The van der Waals surface area contributed by atoms with Crippen LogP contribution in [-0.2, 0) is 9.78 Å². The lowest BCUT2D eigenvalue weighted by Gasteiger charge is -2.13. The lowest BCUT2D eigenvalue weighted by atomic mass is 9.96. The molecule has 0 saturated heterocycles. The Morgan fingerprint density at radius 3 is 2.06 bits per heavy atom. The van der Waals surface area contributed by atoms with E-state index in [1.807, 2.05) is 0 Å². The summed E-state index contributed by atoms with van der Waals surface area (Å²) in [5, 5.41) is 19.3. The number of carbonyl (C=O) groups excluding carboxylic acids is 1. The van der Waals surface area contributed by atoms with E-state index in [1.54, 1.807) is 20.8 Å². The molecule has 0 aliphatic carbocycles. The monoisotopic (exact) mass is 226 g/mol. The van der Waals surface area contributed by atoms with Gasteiger partial charge in [0.05, 0.1) is 7.11 Å². The molecule has 0 saturated carbocycles. The predicted octanol–water partition coefficient (Wildman–Crippen LogP) is 1.74. The molecule has 1 aromatic carbocycles. The van der Waals surface area contributed by atoms with E-state index in [4.69, 9.17) is 0 Å². The van der Waals surface area contributed by atoms with Crippen molar-refractivity contribution in [3.05, 3.63) is 22.3 Å². The van der Waals surface area contributed by atoms with Gasteiger partial charge < -0.3 is 10.2 Å². The number of phenols is 2. The summed E-state index contributed by atoms with van der Waals surface area (Å²) < 4.78 is 0. The quantitative estimate of drug-likeness (QED) is 0.456. The van der Waals surface area contributed by atoms with Crippen LogP contribution in [0.3, 0.4) is 0 Å². The van der Waals surface area contributed by atoms with Gasteiger partial charge in [-0.2, -0.15) is 4.89 Å². The smallest absolute Gasteiger partial charge is 0.377 e. The summed E-state index contributed by atoms with van der Waals surface area (Å²) in [5.41, 5.74) is 1.72. The second kappa shape index (κ2) is 4.40. The van der Waals surface area contributed by atoms with E-state index in [0.29, 0.717) is 11.1 Å². The molecule has 0 heterocycles. The summed E-state index contributed by atoms with van der Waals surface area (Å²) in [5.74, 6) is -1.63. The van der Waals surface area contributed by atoms with E-state index >= 15 is 0 Å². The zero-order chi connectivity index (χ0) is 12.5. The standard InChI is InChI=1S/C11H14O5/c1-5-6(2)8(11(14)16-15-4)10(13)9(12)7(5)3/h12-13H,1-4H3. The SMILES string of the molecule is COOC(=O)c1c(C)c(C)c(C)c(O)c1O. The van der Waals surface area contributed by atoms with Gasteiger partial charge in [-0.3, -0.25) is 4.89 Å². The van der Waals surface area contributed by atoms with Crippen molar-refractivity contribution in [2.45, 2.75) is 20.8 Å². The molecular weight excluding hydrogens is 212 g/mol. The maximum Gasteiger partial charge on any atom is 0.377 e. The van der Waals surface area contributed by atoms with Crippen LogP contribution in [-0.4, -0.2) is 23.3 Å². The first-order valence-corrected chi connectivity index (χ1v) is 4.68. The van der Waals surface area contributed by atoms with Gasteiger partial charge in [-0.1, -0.05) is 0 Å². The van der Waals surface area contributed by atoms with Crippen molar-refractivity contribution in [3.8, 4) is 11.5 Å². The zero-order valence-electron chi connectivity index (χ0n) is 9.62. The highest BCUT2D eigenvalue weighted by Gasteiger charge is 2.23. The Labute approximate surface area is 93.2 Å². The van der Waals surface area contributed by atoms with Crippen LogP contribution in [0.5, 0.6) is 11.5 Å². The minimum absolute atomic E-state index is 0.0811. The highest BCUT2D eigenvalue weighted by atomic mass is 17.2. The van der Waals surface area contributed by atoms with Crippen LogP contribution in [0.2, 0.25) is 0 Å². The second-order valence-electron chi connectivity index (χ2n) is 3.48. The van der Waals surface area contributed by atoms with Gasteiger partial charge in [0.2, 0.25) is 0 Å². The van der Waals surface area contributed by atoms with E-state index in [9.17, 15) is 15.0 Å². The molecule has 0 fully saturated rings. The molecule has 1 aromatic rings. The molecule has 0 aliphatic heterocycles. The van der Waals surface area contributed by atoms with E-state index in [0.717, 1.165) is 5.56 Å². The van der Waals surface area contributed by atoms with Crippen LogP contribution in [0.1, 0.15) is 27.0 Å². The maximum absolute atomic E-state index is 11.5. The number of benzene rings is 1. The van der Waals surface area contributed by atoms with E-state index in [1.165, 1.54) is 7.11 Å². The normalized spacial score (nSPS) is 10.2. The third-order valence-electron chi connectivity index (χ3n) is 2.68. The molecule has 0 spiro atoms. The summed E-state index contributed by atoms with van der Waals surface area (Å²) in [4.78, 5) is 20.0. The number of hydrogen-bond donors (Lipinski definition) is 2. The van der Waals surface area contributed by atoms with Crippen LogP contribution >= 0.6 is 0 Å². The summed E-state index contributed by atoms with van der Waals surface area (Å²) in [7, 11) is 1.19. The van der Waals surface area contributed by atoms with Crippen LogP contribution in [0.25, 0.3) is 0 Å². The summed E-state index contributed by atoms with van der Waals surface area (Å²) >= 11 is 0. The molecule has 88 valence electrons. The average Bonchev–Trinajstić information content (AvgIpc) is 2.24. The number of rotatable bonds is 2. The number of phenolic OH excluding ortho intramolecular Hbond substituents is 2. The lowest BCUT2D eigenvalue weighted by molar-refractivity contribution is -0.216. The Morgan fingerprint density at radius 2 is 1.56 bits per heavy atom. The molecule has 5 heteroatoms. The maximum atomic E-state index is 11.5. The minimum Gasteiger partial charge on any atom is -0.504 e. The molecule has 0 bridgehead atoms. The van der Waals surface area contributed by atoms with Gasteiger partial charge in [0, 0.05) is 0 Å². The first-order valence-electron chi connectivity index (χ1n) is 4.68. The van der Waals surface area contributed by atoms with Crippen LogP contribution in [0.15, 0.2) is 0 Å². The van der Waals surface area contributed by atoms with Crippen molar-refractivity contribution in [1.82, 2.24) is 0 Å². The summed E-state index contributed by atoms with van der Waals surface area (Å²) in [6, 6.07) is 0. The average molecular weight is 226 g/mol. The Kier molecular flexibility index (Phi) is 3.39. The molecule has 0 amide bonds. The second-order valence-corrected chi connectivity index (χ2v) is 3.48. The van der Waals surface area contributed by atoms with Gasteiger partial charge in [0.25, 0.3) is 0 Å². The molecule has 0 atom stereocenters. The largest absolute Gasteiger partial charge is 0.504 e. The van der Waals surface area contributed by atoms with Crippen LogP contribution in [0.4, 0.5) is 0 Å². The molecule has 0 radical (unpaired) electrons. The van der Waals surface area contributed by atoms with Crippen molar-refractivity contribution in [1.29, 1.82) is 0 Å². The first-order chi connectivity index (χ1) is 7.41. The highest BCUT2D eigenvalue weighted by Crippen LogP contribution is 2.37. The van der Waals surface area contributed by atoms with Crippen molar-refractivity contribution in [2.24, 2.45) is 0 Å². The molecule has 5 nitrogen and oxygen atoms in total. The molecule has 0 aromatic heterocycles. The van der Waals surface area contributed by atoms with Crippen molar-refractivity contribution in [3.63, 3.8) is 0 Å². The number of carbonyl (C=O) groups is 1. The Hall–Kier alpha value is -1.75. The first kappa shape index (κ1) is 12.3. The third kappa shape index (κ3) is 1.81. The van der Waals surface area contributed by atoms with E-state index in [-0.39, 0.29) is 11.3 Å². The fourth-order valence-corrected chi connectivity index (χ4v) is 1.49. The Balaban J connectivity index is 3.45. The zero-order valence-corrected chi connectivity index (χ0v) is 9.62. The molecule has 16 heavy (non-hydrogen) atoms. The van der Waals surface area contributed by atoms with Gasteiger partial charge in [0.1, 0.15) is 5.56 Å². The van der Waals surface area contributed by atoms with Crippen molar-refractivity contribution in [2.75, 3.05) is 7.11 Å². The van der Waals surface area contributed by atoms with Gasteiger partial charge in [-0.15, -0.1) is 0 Å². The summed E-state index contributed by atoms with van der Waals surface area (Å²) in [6.07, 6.45) is 0. The van der Waals surface area contributed by atoms with Crippen molar-refractivity contribution >= 4 is 5.97 Å². The molecule has 1 rings (SSSR count). The van der Waals surface area contributed by atoms with E-state index in [2.05, 4.69) is 9.78 Å². The van der Waals surface area contributed by atoms with Gasteiger partial charge >= 0.3 is 5.97 Å². The van der Waals surface area contributed by atoms with Gasteiger partial charge in [-0.25, -0.2) is 4.79 Å². The number of hydrogen-bond acceptors (Lipinski definition) is 5. The number of aromatic hydroxyl groups is 2. The molecule has 2 N–H and O–H groups in total. The van der Waals surface area contributed by atoms with Gasteiger partial charge in [-0.05, 0) is 37.5 Å². The Bertz CT molecular complexity index is 407. The third-order valence-corrected chi connectivity index (χ3v) is 2.68. The molecule has 0 unspecified atom stereocenters. The van der Waals surface area contributed by atoms with Crippen LogP contribution < -0.4 is 0 Å². The fourth-order valence-electron chi connectivity index (χ4n) is 1.49. The fraction of sp³-hybridized carbons (Fsp3) is 0.364. The Morgan fingerprint density at radius 1 is 1.00 bits per heavy atom. The minimum atomic E-state index is -0.837. The topological polar surface area (TPSA) is 76.0 Å². The summed E-state index contributed by atoms with van der Waals surface area (Å²) in [6.45, 7) is 5.06. The predicted molar refractivity (Wildman–Crippen MR) is 56.4 cm³/mol. The van der Waals surface area contributed by atoms with Crippen LogP contribution in [0, 0.1) is 20.8 Å². The molecule has 0 aliphatic rings.